The number of hydrogen-bond donors (Lipinski definition) is 2. The van der Waals surface area contributed by atoms with Gasteiger partial charge in [-0.1, -0.05) is 6.92 Å². The fourth-order valence-electron chi connectivity index (χ4n) is 2.24. The molecule has 0 aromatic carbocycles. The largest absolute Gasteiger partial charge is 0.372 e. The smallest absolute Gasteiger partial charge is 0.271 e. The number of nitrogens with one attached hydrogen (secondary N) is 2. The van der Waals surface area contributed by atoms with E-state index in [2.05, 4.69) is 27.5 Å². The van der Waals surface area contributed by atoms with E-state index in [-0.39, 0.29) is 5.91 Å². The molecule has 0 radical (unpaired) electrons. The Hall–Kier alpha value is -1.65. The Balaban J connectivity index is 1.90. The average Bonchev–Trinajstić information content (AvgIpc) is 2.41. The van der Waals surface area contributed by atoms with Crippen molar-refractivity contribution in [3.8, 4) is 0 Å². The second kappa shape index (κ2) is 5.80. The highest BCUT2D eigenvalue weighted by Gasteiger charge is 2.20. The molecule has 0 unspecified atom stereocenters. The van der Waals surface area contributed by atoms with Crippen molar-refractivity contribution in [3.63, 3.8) is 0 Å². The average molecular weight is 248 g/mol. The van der Waals surface area contributed by atoms with E-state index in [1.165, 1.54) is 19.0 Å². The summed E-state index contributed by atoms with van der Waals surface area (Å²) in [5.41, 5.74) is 0.382. The number of carbonyl (C=O) groups is 1. The molecule has 5 nitrogen and oxygen atoms in total. The molecule has 18 heavy (non-hydrogen) atoms. The van der Waals surface area contributed by atoms with E-state index >= 15 is 0 Å². The van der Waals surface area contributed by atoms with Crippen LogP contribution in [0.3, 0.4) is 0 Å². The summed E-state index contributed by atoms with van der Waals surface area (Å²) in [6.45, 7) is 2.26. The summed E-state index contributed by atoms with van der Waals surface area (Å²) in [6, 6.07) is 0.291. The molecule has 2 rings (SSSR count). The molecule has 1 aliphatic carbocycles. The number of amides is 1. The van der Waals surface area contributed by atoms with Crippen LogP contribution in [0.4, 0.5) is 5.82 Å². The van der Waals surface area contributed by atoms with Gasteiger partial charge in [0.1, 0.15) is 11.5 Å². The Morgan fingerprint density at radius 3 is 2.50 bits per heavy atom. The third kappa shape index (κ3) is 3.18. The molecule has 2 N–H and O–H groups in total. The lowest BCUT2D eigenvalue weighted by atomic mass is 9.87. The normalized spacial score (nSPS) is 23.4. The van der Waals surface area contributed by atoms with Crippen LogP contribution in [-0.2, 0) is 0 Å². The van der Waals surface area contributed by atoms with Gasteiger partial charge in [0.15, 0.2) is 0 Å². The Labute approximate surface area is 107 Å². The Bertz CT molecular complexity index is 396. The Kier molecular flexibility index (Phi) is 4.12. The van der Waals surface area contributed by atoms with Crippen LogP contribution in [0.1, 0.15) is 43.1 Å². The van der Waals surface area contributed by atoms with Crippen molar-refractivity contribution in [1.82, 2.24) is 15.3 Å². The molecule has 1 saturated carbocycles. The molecule has 0 spiro atoms. The quantitative estimate of drug-likeness (QED) is 0.856. The van der Waals surface area contributed by atoms with Gasteiger partial charge in [-0.3, -0.25) is 4.79 Å². The van der Waals surface area contributed by atoms with Crippen molar-refractivity contribution in [2.24, 2.45) is 5.92 Å². The highest BCUT2D eigenvalue weighted by Crippen LogP contribution is 2.23. The summed E-state index contributed by atoms with van der Waals surface area (Å²) in [5, 5.41) is 5.91. The van der Waals surface area contributed by atoms with E-state index in [1.807, 2.05) is 0 Å². The van der Waals surface area contributed by atoms with Gasteiger partial charge in [0.05, 0.1) is 12.4 Å². The lowest BCUT2D eigenvalue weighted by Gasteiger charge is -2.26. The van der Waals surface area contributed by atoms with Crippen LogP contribution in [0, 0.1) is 5.92 Å². The molecule has 98 valence electrons. The second-order valence-electron chi connectivity index (χ2n) is 4.97. The molecule has 1 aliphatic rings. The summed E-state index contributed by atoms with van der Waals surface area (Å²) in [5.74, 6) is 1.33. The molecule has 0 bridgehead atoms. The number of rotatable bonds is 3. The van der Waals surface area contributed by atoms with E-state index < -0.39 is 0 Å². The van der Waals surface area contributed by atoms with Gasteiger partial charge in [0.25, 0.3) is 5.91 Å². The van der Waals surface area contributed by atoms with Crippen LogP contribution < -0.4 is 10.6 Å². The van der Waals surface area contributed by atoms with E-state index in [1.54, 1.807) is 13.2 Å². The lowest BCUT2D eigenvalue weighted by Crippen LogP contribution is -2.37. The molecule has 1 fully saturated rings. The molecule has 1 heterocycles. The molecular weight excluding hydrogens is 228 g/mol. The molecule has 5 heteroatoms. The van der Waals surface area contributed by atoms with Crippen molar-refractivity contribution in [2.45, 2.75) is 38.6 Å². The minimum atomic E-state index is -0.121. The Morgan fingerprint density at radius 2 is 1.94 bits per heavy atom. The van der Waals surface area contributed by atoms with Crippen LogP contribution in [-0.4, -0.2) is 29.0 Å². The summed E-state index contributed by atoms with van der Waals surface area (Å²) in [6.07, 6.45) is 7.58. The highest BCUT2D eigenvalue weighted by molar-refractivity contribution is 5.92. The molecule has 0 atom stereocenters. The van der Waals surface area contributed by atoms with Crippen molar-refractivity contribution in [3.05, 3.63) is 18.1 Å². The van der Waals surface area contributed by atoms with Crippen LogP contribution >= 0.6 is 0 Å². The van der Waals surface area contributed by atoms with Gasteiger partial charge in [-0.05, 0) is 31.6 Å². The van der Waals surface area contributed by atoms with E-state index in [9.17, 15) is 4.79 Å². The van der Waals surface area contributed by atoms with Gasteiger partial charge in [0, 0.05) is 13.1 Å². The lowest BCUT2D eigenvalue weighted by molar-refractivity contribution is 0.0917. The van der Waals surface area contributed by atoms with Crippen LogP contribution in [0.2, 0.25) is 0 Å². The first kappa shape index (κ1) is 12.8. The van der Waals surface area contributed by atoms with E-state index in [4.69, 9.17) is 0 Å². The third-order valence-corrected chi connectivity index (χ3v) is 3.49. The topological polar surface area (TPSA) is 66.9 Å². The van der Waals surface area contributed by atoms with E-state index in [0.717, 1.165) is 18.8 Å². The van der Waals surface area contributed by atoms with Crippen LogP contribution in [0.5, 0.6) is 0 Å². The van der Waals surface area contributed by atoms with Crippen molar-refractivity contribution < 1.29 is 4.79 Å². The number of hydrogen-bond acceptors (Lipinski definition) is 4. The second-order valence-corrected chi connectivity index (χ2v) is 4.97. The maximum Gasteiger partial charge on any atom is 0.271 e. The predicted molar refractivity (Wildman–Crippen MR) is 70.5 cm³/mol. The van der Waals surface area contributed by atoms with Gasteiger partial charge >= 0.3 is 0 Å². The fourth-order valence-corrected chi connectivity index (χ4v) is 2.24. The molecule has 1 amide bonds. The number of carbonyl (C=O) groups excluding carboxylic acids is 1. The predicted octanol–water partition coefficient (Wildman–Crippen LogP) is 1.83. The van der Waals surface area contributed by atoms with Crippen LogP contribution in [0.15, 0.2) is 12.4 Å². The summed E-state index contributed by atoms with van der Waals surface area (Å²) in [4.78, 5) is 20.1. The fraction of sp³-hybridized carbons (Fsp3) is 0.615. The Morgan fingerprint density at radius 1 is 1.22 bits per heavy atom. The number of aromatic nitrogens is 2. The van der Waals surface area contributed by atoms with Crippen molar-refractivity contribution in [1.29, 1.82) is 0 Å². The molecule has 0 aliphatic heterocycles. The maximum atomic E-state index is 12.0. The first-order valence-corrected chi connectivity index (χ1v) is 6.49. The van der Waals surface area contributed by atoms with Gasteiger partial charge in [0.2, 0.25) is 0 Å². The summed E-state index contributed by atoms with van der Waals surface area (Å²) in [7, 11) is 1.77. The summed E-state index contributed by atoms with van der Waals surface area (Å²) >= 11 is 0. The summed E-state index contributed by atoms with van der Waals surface area (Å²) < 4.78 is 0. The monoisotopic (exact) mass is 248 g/mol. The van der Waals surface area contributed by atoms with Gasteiger partial charge in [-0.2, -0.15) is 0 Å². The van der Waals surface area contributed by atoms with E-state index in [0.29, 0.717) is 17.6 Å². The molecule has 0 saturated heterocycles. The zero-order chi connectivity index (χ0) is 13.0. The van der Waals surface area contributed by atoms with Gasteiger partial charge in [-0.25, -0.2) is 9.97 Å². The molecule has 1 aromatic rings. The van der Waals surface area contributed by atoms with Crippen LogP contribution in [0.25, 0.3) is 0 Å². The molecule has 1 aromatic heterocycles. The maximum absolute atomic E-state index is 12.0. The zero-order valence-corrected chi connectivity index (χ0v) is 10.9. The first-order valence-electron chi connectivity index (χ1n) is 6.49. The highest BCUT2D eigenvalue weighted by atomic mass is 16.1. The number of anilines is 1. The zero-order valence-electron chi connectivity index (χ0n) is 10.9. The van der Waals surface area contributed by atoms with Crippen molar-refractivity contribution in [2.75, 3.05) is 12.4 Å². The minimum Gasteiger partial charge on any atom is -0.372 e. The first-order chi connectivity index (χ1) is 8.69. The molecular formula is C13H20N4O. The number of nitrogens with zero attached hydrogens (tertiary/aromatic N) is 2. The third-order valence-electron chi connectivity index (χ3n) is 3.49. The minimum absolute atomic E-state index is 0.121. The van der Waals surface area contributed by atoms with Gasteiger partial charge in [-0.15, -0.1) is 0 Å². The van der Waals surface area contributed by atoms with Crippen molar-refractivity contribution >= 4 is 11.7 Å². The standard InChI is InChI=1S/C13H20N4O/c1-9-3-5-10(6-4-9)17-13(18)11-7-16-12(14-2)8-15-11/h7-10H,3-6H2,1-2H3,(H,14,16)(H,17,18). The SMILES string of the molecule is CNc1cnc(C(=O)NC2CCC(C)CC2)cn1. The van der Waals surface area contributed by atoms with Gasteiger partial charge < -0.3 is 10.6 Å².